The standard InChI is InChI=1S/C30H32N2O14/c1-11-21(35)25(43-13(3)33)23(37)29(41-11)45-27(39)15-7-5-9-17-19(15)31-18-10-6-8-16(20(18)32-17)28(40)46-30-24(38)26(44-14(4)34)22(36)12(2)42-30/h5-12,21-26,29-30,35-38H,1-4H3. The van der Waals surface area contributed by atoms with Crippen molar-refractivity contribution in [2.24, 2.45) is 0 Å². The van der Waals surface area contributed by atoms with Crippen LogP contribution in [0.3, 0.4) is 0 Å². The summed E-state index contributed by atoms with van der Waals surface area (Å²) in [6.07, 6.45) is -14.1. The van der Waals surface area contributed by atoms with Gasteiger partial charge in [-0.1, -0.05) is 12.1 Å². The molecule has 2 saturated heterocycles. The van der Waals surface area contributed by atoms with Gasteiger partial charge in [0.25, 0.3) is 0 Å². The number of benzene rings is 2. The van der Waals surface area contributed by atoms with E-state index in [-0.39, 0.29) is 33.2 Å². The number of nitrogens with zero attached hydrogens (tertiary/aromatic N) is 2. The summed E-state index contributed by atoms with van der Waals surface area (Å²) in [5.41, 5.74) is 0.378. The van der Waals surface area contributed by atoms with Crippen LogP contribution in [0.1, 0.15) is 48.4 Å². The van der Waals surface area contributed by atoms with Gasteiger partial charge in [0, 0.05) is 13.8 Å². The molecule has 16 nitrogen and oxygen atoms in total. The molecule has 2 aliphatic heterocycles. The second kappa shape index (κ2) is 13.2. The van der Waals surface area contributed by atoms with Gasteiger partial charge in [-0.25, -0.2) is 19.6 Å². The second-order valence-electron chi connectivity index (χ2n) is 10.9. The van der Waals surface area contributed by atoms with E-state index < -0.39 is 85.3 Å². The van der Waals surface area contributed by atoms with E-state index in [1.807, 2.05) is 0 Å². The van der Waals surface area contributed by atoms with Crippen LogP contribution < -0.4 is 0 Å². The van der Waals surface area contributed by atoms with Crippen molar-refractivity contribution in [2.45, 2.75) is 89.1 Å². The van der Waals surface area contributed by atoms with Gasteiger partial charge in [0.05, 0.1) is 34.4 Å². The Morgan fingerprint density at radius 3 is 1.33 bits per heavy atom. The number of hydrogen-bond acceptors (Lipinski definition) is 16. The van der Waals surface area contributed by atoms with E-state index in [1.54, 1.807) is 0 Å². The SMILES string of the molecule is CC(=O)OC1C(O)C(C)OC(OC(=O)c2cccc3nc4c(C(=O)OC5OC(C)C(O)C(OC(C)=O)C5O)cccc4nc23)C1O. The summed E-state index contributed by atoms with van der Waals surface area (Å²) >= 11 is 0. The van der Waals surface area contributed by atoms with Crippen molar-refractivity contribution < 1.29 is 68.0 Å². The van der Waals surface area contributed by atoms with Gasteiger partial charge in [0.1, 0.15) is 23.2 Å². The molecule has 0 bridgehead atoms. The number of ether oxygens (including phenoxy) is 6. The molecular formula is C30H32N2O14. The fourth-order valence-corrected chi connectivity index (χ4v) is 5.24. The zero-order valence-electron chi connectivity index (χ0n) is 25.0. The number of para-hydroxylation sites is 2. The first-order chi connectivity index (χ1) is 21.8. The third-order valence-electron chi connectivity index (χ3n) is 7.55. The fourth-order valence-electron chi connectivity index (χ4n) is 5.24. The Balaban J connectivity index is 1.41. The maximum absolute atomic E-state index is 13.3. The van der Waals surface area contributed by atoms with Gasteiger partial charge < -0.3 is 48.8 Å². The number of carbonyl (C=O) groups excluding carboxylic acids is 4. The van der Waals surface area contributed by atoms with Crippen LogP contribution in [0, 0.1) is 0 Å². The average Bonchev–Trinajstić information content (AvgIpc) is 3.00. The maximum atomic E-state index is 13.3. The summed E-state index contributed by atoms with van der Waals surface area (Å²) in [6, 6.07) is 8.83. The molecule has 10 unspecified atom stereocenters. The number of aliphatic hydroxyl groups is 4. The molecule has 46 heavy (non-hydrogen) atoms. The molecule has 0 spiro atoms. The lowest BCUT2D eigenvalue weighted by Crippen LogP contribution is -2.59. The number of aliphatic hydroxyl groups excluding tert-OH is 4. The molecule has 0 saturated carbocycles. The van der Waals surface area contributed by atoms with Crippen LogP contribution in [0.2, 0.25) is 0 Å². The predicted molar refractivity (Wildman–Crippen MR) is 152 cm³/mol. The van der Waals surface area contributed by atoms with Crippen LogP contribution in [0.4, 0.5) is 0 Å². The molecule has 3 heterocycles. The van der Waals surface area contributed by atoms with Crippen molar-refractivity contribution in [3.8, 4) is 0 Å². The first kappa shape index (κ1) is 33.1. The normalized spacial score (nSPS) is 31.2. The van der Waals surface area contributed by atoms with Crippen LogP contribution in [0.15, 0.2) is 36.4 Å². The largest absolute Gasteiger partial charge is 0.457 e. The highest BCUT2D eigenvalue weighted by atomic mass is 16.7. The third-order valence-corrected chi connectivity index (χ3v) is 7.55. The molecule has 5 rings (SSSR count). The lowest BCUT2D eigenvalue weighted by atomic mass is 9.99. The lowest BCUT2D eigenvalue weighted by Gasteiger charge is -2.40. The van der Waals surface area contributed by atoms with Crippen LogP contribution in [0.5, 0.6) is 0 Å². The molecule has 1 aromatic heterocycles. The Kier molecular flexibility index (Phi) is 9.48. The monoisotopic (exact) mass is 644 g/mol. The van der Waals surface area contributed by atoms with E-state index >= 15 is 0 Å². The van der Waals surface area contributed by atoms with Crippen molar-refractivity contribution in [3.63, 3.8) is 0 Å². The van der Waals surface area contributed by atoms with Gasteiger partial charge >= 0.3 is 23.9 Å². The number of rotatable bonds is 6. The van der Waals surface area contributed by atoms with Crippen molar-refractivity contribution in [3.05, 3.63) is 47.5 Å². The molecule has 2 fully saturated rings. The van der Waals surface area contributed by atoms with Gasteiger partial charge in [-0.2, -0.15) is 0 Å². The number of esters is 4. The summed E-state index contributed by atoms with van der Waals surface area (Å²) in [5.74, 6) is -3.45. The van der Waals surface area contributed by atoms with Crippen LogP contribution >= 0.6 is 0 Å². The summed E-state index contributed by atoms with van der Waals surface area (Å²) in [6.45, 7) is 5.11. The first-order valence-corrected chi connectivity index (χ1v) is 14.3. The smallest absolute Gasteiger partial charge is 0.342 e. The summed E-state index contributed by atoms with van der Waals surface area (Å²) < 4.78 is 31.8. The van der Waals surface area contributed by atoms with Gasteiger partial charge in [0.15, 0.2) is 24.4 Å². The zero-order chi connectivity index (χ0) is 33.4. The van der Waals surface area contributed by atoms with E-state index in [4.69, 9.17) is 28.4 Å². The Labute approximate surface area is 260 Å². The van der Waals surface area contributed by atoms with Crippen LogP contribution in [-0.4, -0.2) is 116 Å². The highest BCUT2D eigenvalue weighted by molar-refractivity contribution is 6.07. The van der Waals surface area contributed by atoms with Gasteiger partial charge in [-0.05, 0) is 38.1 Å². The molecule has 246 valence electrons. The minimum absolute atomic E-state index is 0.0683. The quantitative estimate of drug-likeness (QED) is 0.156. The molecular weight excluding hydrogens is 612 g/mol. The zero-order valence-corrected chi connectivity index (χ0v) is 25.0. The minimum atomic E-state index is -1.70. The highest BCUT2D eigenvalue weighted by Gasteiger charge is 2.48. The Bertz CT molecular complexity index is 1540. The Morgan fingerprint density at radius 1 is 0.609 bits per heavy atom. The van der Waals surface area contributed by atoms with E-state index in [1.165, 1.54) is 50.2 Å². The molecule has 0 amide bonds. The number of carbonyl (C=O) groups is 4. The molecule has 0 radical (unpaired) electrons. The molecule has 2 aromatic carbocycles. The molecule has 3 aromatic rings. The summed E-state index contributed by atoms with van der Waals surface area (Å²) in [5, 5.41) is 41.9. The van der Waals surface area contributed by atoms with Gasteiger partial charge in [0.2, 0.25) is 12.6 Å². The van der Waals surface area contributed by atoms with E-state index in [0.717, 1.165) is 13.8 Å². The van der Waals surface area contributed by atoms with E-state index in [2.05, 4.69) is 9.97 Å². The highest BCUT2D eigenvalue weighted by Crippen LogP contribution is 2.29. The fraction of sp³-hybridized carbons (Fsp3) is 0.467. The molecule has 16 heteroatoms. The van der Waals surface area contributed by atoms with Crippen molar-refractivity contribution >= 4 is 45.9 Å². The third kappa shape index (κ3) is 6.48. The summed E-state index contributed by atoms with van der Waals surface area (Å²) in [4.78, 5) is 58.6. The molecule has 4 N–H and O–H groups in total. The number of fused-ring (bicyclic) bond motifs is 2. The van der Waals surface area contributed by atoms with E-state index in [0.29, 0.717) is 0 Å². The summed E-state index contributed by atoms with van der Waals surface area (Å²) in [7, 11) is 0. The van der Waals surface area contributed by atoms with Crippen molar-refractivity contribution in [1.29, 1.82) is 0 Å². The van der Waals surface area contributed by atoms with Gasteiger partial charge in [-0.3, -0.25) is 9.59 Å². The predicted octanol–water partition coefficient (Wildman–Crippen LogP) is -0.107. The van der Waals surface area contributed by atoms with Gasteiger partial charge in [-0.15, -0.1) is 0 Å². The Morgan fingerprint density at radius 2 is 0.978 bits per heavy atom. The van der Waals surface area contributed by atoms with E-state index in [9.17, 15) is 39.6 Å². The number of hydrogen-bond donors (Lipinski definition) is 4. The van der Waals surface area contributed by atoms with Crippen molar-refractivity contribution in [1.82, 2.24) is 9.97 Å². The average molecular weight is 645 g/mol. The minimum Gasteiger partial charge on any atom is -0.457 e. The molecule has 0 aliphatic carbocycles. The first-order valence-electron chi connectivity index (χ1n) is 14.3. The van der Waals surface area contributed by atoms with Crippen molar-refractivity contribution in [2.75, 3.05) is 0 Å². The Hall–Kier alpha value is -4.32. The second-order valence-corrected chi connectivity index (χ2v) is 10.9. The topological polar surface area (TPSA) is 230 Å². The van der Waals surface area contributed by atoms with Crippen LogP contribution in [-0.2, 0) is 38.0 Å². The maximum Gasteiger partial charge on any atom is 0.342 e. The molecule has 2 aliphatic rings. The van der Waals surface area contributed by atoms with Crippen LogP contribution in [0.25, 0.3) is 22.1 Å². The lowest BCUT2D eigenvalue weighted by molar-refractivity contribution is -0.280. The number of aromatic nitrogens is 2. The molecule has 10 atom stereocenters.